The lowest BCUT2D eigenvalue weighted by molar-refractivity contribution is 0.329. The second-order valence-corrected chi connectivity index (χ2v) is 7.89. The van der Waals surface area contributed by atoms with Crippen molar-refractivity contribution in [3.8, 4) is 0 Å². The molecule has 0 aliphatic carbocycles. The van der Waals surface area contributed by atoms with E-state index in [4.69, 9.17) is 23.2 Å². The molecule has 0 radical (unpaired) electrons. The first-order valence-electron chi connectivity index (χ1n) is 7.10. The molecule has 2 aromatic carbocycles. The summed E-state index contributed by atoms with van der Waals surface area (Å²) in [5.74, 6) is 0. The summed E-state index contributed by atoms with van der Waals surface area (Å²) in [7, 11) is -1.99. The maximum absolute atomic E-state index is 12.8. The first kappa shape index (κ1) is 17.1. The number of benzene rings is 2. The molecule has 3 rings (SSSR count). The number of halogens is 2. The normalized spacial score (nSPS) is 15.5. The van der Waals surface area contributed by atoms with E-state index in [0.717, 1.165) is 5.56 Å². The largest absolute Gasteiger partial charge is 0.307 e. The molecule has 2 aromatic rings. The lowest BCUT2D eigenvalue weighted by Crippen LogP contribution is -2.32. The van der Waals surface area contributed by atoms with Gasteiger partial charge in [0.05, 0.1) is 0 Å². The standard InChI is InChI=1S/C16H15Cl2N3O2S/c1-21-10-15(11-2-4-12(17)5-3-11)16(19-21)24(22,23)20-14-8-6-13(18)7-9-14/h2-9,19-20H,10H2,1H3. The van der Waals surface area contributed by atoms with Crippen molar-refractivity contribution in [1.29, 1.82) is 0 Å². The minimum Gasteiger partial charge on any atom is -0.307 e. The second-order valence-electron chi connectivity index (χ2n) is 5.39. The van der Waals surface area contributed by atoms with Crippen molar-refractivity contribution >= 4 is 44.5 Å². The molecule has 1 aliphatic heterocycles. The number of likely N-dealkylation sites (N-methyl/N-ethyl adjacent to an activating group) is 1. The van der Waals surface area contributed by atoms with Crippen molar-refractivity contribution in [2.45, 2.75) is 0 Å². The van der Waals surface area contributed by atoms with Gasteiger partial charge in [-0.2, -0.15) is 8.42 Å². The molecular formula is C16H15Cl2N3O2S. The van der Waals surface area contributed by atoms with E-state index in [1.165, 1.54) is 0 Å². The molecular weight excluding hydrogens is 369 g/mol. The van der Waals surface area contributed by atoms with Crippen molar-refractivity contribution in [1.82, 2.24) is 10.4 Å². The van der Waals surface area contributed by atoms with Crippen LogP contribution in [0.15, 0.2) is 53.6 Å². The summed E-state index contributed by atoms with van der Waals surface area (Å²) in [6.45, 7) is 0.457. The zero-order valence-corrected chi connectivity index (χ0v) is 15.1. The Kier molecular flexibility index (Phi) is 4.73. The van der Waals surface area contributed by atoms with Gasteiger partial charge < -0.3 is 5.43 Å². The summed E-state index contributed by atoms with van der Waals surface area (Å²) in [5.41, 5.74) is 4.81. The Morgan fingerprint density at radius 1 is 1.00 bits per heavy atom. The predicted molar refractivity (Wildman–Crippen MR) is 98.1 cm³/mol. The van der Waals surface area contributed by atoms with Gasteiger partial charge in [0.15, 0.2) is 5.03 Å². The summed E-state index contributed by atoms with van der Waals surface area (Å²) in [4.78, 5) is 0. The van der Waals surface area contributed by atoms with E-state index in [2.05, 4.69) is 10.1 Å². The van der Waals surface area contributed by atoms with Gasteiger partial charge in [-0.15, -0.1) is 0 Å². The molecule has 8 heteroatoms. The van der Waals surface area contributed by atoms with Crippen molar-refractivity contribution < 1.29 is 8.42 Å². The van der Waals surface area contributed by atoms with Gasteiger partial charge in [-0.25, -0.2) is 5.01 Å². The van der Waals surface area contributed by atoms with Gasteiger partial charge in [-0.1, -0.05) is 35.3 Å². The summed E-state index contributed by atoms with van der Waals surface area (Å²) in [5, 5.41) is 2.97. The summed E-state index contributed by atoms with van der Waals surface area (Å²) in [6.07, 6.45) is 0. The Morgan fingerprint density at radius 3 is 2.12 bits per heavy atom. The van der Waals surface area contributed by atoms with E-state index >= 15 is 0 Å². The van der Waals surface area contributed by atoms with Crippen molar-refractivity contribution in [2.24, 2.45) is 0 Å². The number of rotatable bonds is 4. The lowest BCUT2D eigenvalue weighted by Gasteiger charge is -2.13. The fraction of sp³-hybridized carbons (Fsp3) is 0.125. The molecule has 2 N–H and O–H groups in total. The van der Waals surface area contributed by atoms with Crippen LogP contribution in [0, 0.1) is 0 Å². The molecule has 5 nitrogen and oxygen atoms in total. The van der Waals surface area contributed by atoms with E-state index < -0.39 is 10.0 Å². The molecule has 1 aliphatic rings. The smallest absolute Gasteiger partial charge is 0.278 e. The predicted octanol–water partition coefficient (Wildman–Crippen LogP) is 3.55. The Labute approximate surface area is 150 Å². The summed E-state index contributed by atoms with van der Waals surface area (Å²) < 4.78 is 28.1. The molecule has 0 fully saturated rings. The van der Waals surface area contributed by atoms with Crippen LogP contribution in [0.1, 0.15) is 5.56 Å². The summed E-state index contributed by atoms with van der Waals surface area (Å²) >= 11 is 11.7. The third kappa shape index (κ3) is 3.67. The number of anilines is 1. The first-order chi connectivity index (χ1) is 11.3. The van der Waals surface area contributed by atoms with Crippen LogP contribution in [0.25, 0.3) is 5.57 Å². The Morgan fingerprint density at radius 2 is 1.54 bits per heavy atom. The van der Waals surface area contributed by atoms with E-state index in [1.807, 2.05) is 0 Å². The van der Waals surface area contributed by atoms with Gasteiger partial charge >= 0.3 is 0 Å². The molecule has 0 aromatic heterocycles. The topological polar surface area (TPSA) is 61.4 Å². The monoisotopic (exact) mass is 383 g/mol. The molecule has 0 unspecified atom stereocenters. The van der Waals surface area contributed by atoms with Crippen LogP contribution in [0.3, 0.4) is 0 Å². The van der Waals surface area contributed by atoms with Crippen LogP contribution >= 0.6 is 23.2 Å². The molecule has 0 amide bonds. The number of hydrogen-bond acceptors (Lipinski definition) is 4. The molecule has 1 heterocycles. The van der Waals surface area contributed by atoms with E-state index in [-0.39, 0.29) is 5.03 Å². The quantitative estimate of drug-likeness (QED) is 0.847. The molecule has 0 atom stereocenters. The molecule has 0 bridgehead atoms. The number of nitrogens with zero attached hydrogens (tertiary/aromatic N) is 1. The highest BCUT2D eigenvalue weighted by Crippen LogP contribution is 2.28. The number of nitrogens with one attached hydrogen (secondary N) is 2. The van der Waals surface area contributed by atoms with Crippen LogP contribution in [0.5, 0.6) is 0 Å². The van der Waals surface area contributed by atoms with E-state index in [0.29, 0.717) is 27.9 Å². The fourth-order valence-corrected chi connectivity index (χ4v) is 3.99. The number of hydrogen-bond donors (Lipinski definition) is 2. The SMILES string of the molecule is CN1CC(c2ccc(Cl)cc2)=C(S(=O)(=O)Nc2ccc(Cl)cc2)N1. The van der Waals surface area contributed by atoms with Crippen molar-refractivity contribution in [3.63, 3.8) is 0 Å². The third-order valence-corrected chi connectivity index (χ3v) is 5.40. The highest BCUT2D eigenvalue weighted by atomic mass is 35.5. The third-order valence-electron chi connectivity index (χ3n) is 3.52. The molecule has 0 spiro atoms. The highest BCUT2D eigenvalue weighted by molar-refractivity contribution is 7.96. The van der Waals surface area contributed by atoms with Gasteiger partial charge in [-0.3, -0.25) is 4.72 Å². The van der Waals surface area contributed by atoms with Crippen LogP contribution in [0.4, 0.5) is 5.69 Å². The Bertz CT molecular complexity index is 879. The zero-order chi connectivity index (χ0) is 17.3. The van der Waals surface area contributed by atoms with Crippen LogP contribution < -0.4 is 10.1 Å². The van der Waals surface area contributed by atoms with Crippen molar-refractivity contribution in [3.05, 3.63) is 69.2 Å². The van der Waals surface area contributed by atoms with Gasteiger partial charge in [0.2, 0.25) is 0 Å². The van der Waals surface area contributed by atoms with E-state index in [1.54, 1.807) is 60.6 Å². The molecule has 126 valence electrons. The second kappa shape index (κ2) is 6.64. The van der Waals surface area contributed by atoms with Gasteiger partial charge in [0.1, 0.15) is 0 Å². The van der Waals surface area contributed by atoms with Crippen molar-refractivity contribution in [2.75, 3.05) is 18.3 Å². The van der Waals surface area contributed by atoms with Crippen LogP contribution in [-0.2, 0) is 10.0 Å². The molecule has 24 heavy (non-hydrogen) atoms. The lowest BCUT2D eigenvalue weighted by atomic mass is 10.1. The maximum atomic E-state index is 12.8. The van der Waals surface area contributed by atoms with Crippen LogP contribution in [0.2, 0.25) is 10.0 Å². The number of hydrazine groups is 1. The van der Waals surface area contributed by atoms with Gasteiger partial charge in [0, 0.05) is 34.9 Å². The van der Waals surface area contributed by atoms with Crippen LogP contribution in [-0.4, -0.2) is 27.0 Å². The minimum atomic E-state index is -3.77. The first-order valence-corrected chi connectivity index (χ1v) is 9.34. The average Bonchev–Trinajstić information content (AvgIpc) is 2.93. The Hall–Kier alpha value is -1.73. The maximum Gasteiger partial charge on any atom is 0.278 e. The highest BCUT2D eigenvalue weighted by Gasteiger charge is 2.30. The fourth-order valence-electron chi connectivity index (χ4n) is 2.41. The van der Waals surface area contributed by atoms with Gasteiger partial charge in [0.25, 0.3) is 10.0 Å². The molecule has 0 saturated heterocycles. The van der Waals surface area contributed by atoms with E-state index in [9.17, 15) is 8.42 Å². The number of sulfonamides is 1. The molecule has 0 saturated carbocycles. The average molecular weight is 384 g/mol. The zero-order valence-electron chi connectivity index (χ0n) is 12.8. The van der Waals surface area contributed by atoms with Gasteiger partial charge in [-0.05, 0) is 42.0 Å². The Balaban J connectivity index is 1.98. The minimum absolute atomic E-state index is 0.127. The summed E-state index contributed by atoms with van der Waals surface area (Å²) in [6, 6.07) is 13.6.